The third-order valence-corrected chi connectivity index (χ3v) is 1.46. The van der Waals surface area contributed by atoms with E-state index in [1.165, 1.54) is 12.1 Å². The van der Waals surface area contributed by atoms with E-state index in [-0.39, 0.29) is 5.56 Å². The first-order chi connectivity index (χ1) is 6.49. The van der Waals surface area contributed by atoms with E-state index >= 15 is 0 Å². The zero-order chi connectivity index (χ0) is 10.6. The largest absolute Gasteiger partial charge is 0.522 e. The first-order valence-electron chi connectivity index (χ1n) is 3.78. The van der Waals surface area contributed by atoms with Crippen LogP contribution in [0, 0.1) is 0 Å². The Morgan fingerprint density at radius 3 is 2.29 bits per heavy atom. The zero-order valence-electron chi connectivity index (χ0n) is 7.04. The lowest BCUT2D eigenvalue weighted by Gasteiger charge is -2.05. The van der Waals surface area contributed by atoms with Crippen molar-refractivity contribution >= 4 is 5.78 Å². The number of ketones is 1. The molecule has 14 heavy (non-hydrogen) atoms. The molecule has 0 atom stereocenters. The Balaban J connectivity index is 2.52. The Bertz CT molecular complexity index is 306. The maximum Gasteiger partial charge on any atom is 0.522 e. The molecular weight excluding hydrogens is 197 g/mol. The van der Waals surface area contributed by atoms with Gasteiger partial charge in [-0.05, 0) is 0 Å². The first-order valence-corrected chi connectivity index (χ1v) is 3.78. The fraction of sp³-hybridized carbons (Fsp3) is 0.222. The summed E-state index contributed by atoms with van der Waals surface area (Å²) >= 11 is 0. The van der Waals surface area contributed by atoms with Crippen molar-refractivity contribution < 1.29 is 22.7 Å². The monoisotopic (exact) mass is 204 g/mol. The van der Waals surface area contributed by atoms with Gasteiger partial charge in [0.25, 0.3) is 0 Å². The lowest BCUT2D eigenvalue weighted by atomic mass is 10.1. The third kappa shape index (κ3) is 3.57. The van der Waals surface area contributed by atoms with Crippen molar-refractivity contribution in [2.24, 2.45) is 0 Å². The van der Waals surface area contributed by atoms with Crippen molar-refractivity contribution in [3.8, 4) is 0 Å². The van der Waals surface area contributed by atoms with Gasteiger partial charge in [-0.25, -0.2) is 0 Å². The van der Waals surface area contributed by atoms with E-state index in [9.17, 15) is 18.0 Å². The molecule has 0 bridgehead atoms. The van der Waals surface area contributed by atoms with Crippen molar-refractivity contribution in [1.82, 2.24) is 0 Å². The molecule has 0 spiro atoms. The number of rotatable bonds is 3. The van der Waals surface area contributed by atoms with Crippen LogP contribution in [-0.4, -0.2) is 18.8 Å². The van der Waals surface area contributed by atoms with E-state index in [4.69, 9.17) is 0 Å². The highest BCUT2D eigenvalue weighted by atomic mass is 19.4. The van der Waals surface area contributed by atoms with E-state index in [2.05, 4.69) is 4.74 Å². The number of hydrogen-bond donors (Lipinski definition) is 0. The number of ether oxygens (including phenoxy) is 1. The quantitative estimate of drug-likeness (QED) is 0.706. The van der Waals surface area contributed by atoms with Gasteiger partial charge in [0, 0.05) is 5.56 Å². The average molecular weight is 204 g/mol. The molecule has 0 saturated carbocycles. The van der Waals surface area contributed by atoms with Gasteiger partial charge < -0.3 is 0 Å². The Morgan fingerprint density at radius 1 is 1.21 bits per heavy atom. The SMILES string of the molecule is O=C(COC(F)(F)F)c1ccccc1. The van der Waals surface area contributed by atoms with Gasteiger partial charge in [0.2, 0.25) is 0 Å². The molecule has 0 fully saturated rings. The van der Waals surface area contributed by atoms with Gasteiger partial charge in [-0.1, -0.05) is 30.3 Å². The molecule has 0 aliphatic rings. The number of halogens is 3. The van der Waals surface area contributed by atoms with Gasteiger partial charge in [-0.3, -0.25) is 9.53 Å². The molecule has 1 aromatic carbocycles. The smallest absolute Gasteiger partial charge is 0.292 e. The number of carbonyl (C=O) groups excluding carboxylic acids is 1. The molecule has 0 aliphatic heterocycles. The van der Waals surface area contributed by atoms with Crippen molar-refractivity contribution in [3.63, 3.8) is 0 Å². The molecule has 0 radical (unpaired) electrons. The maximum absolute atomic E-state index is 11.6. The summed E-state index contributed by atoms with van der Waals surface area (Å²) in [4.78, 5) is 11.1. The third-order valence-electron chi connectivity index (χ3n) is 1.46. The van der Waals surface area contributed by atoms with Gasteiger partial charge in [0.15, 0.2) is 5.78 Å². The lowest BCUT2D eigenvalue weighted by Crippen LogP contribution is -2.19. The van der Waals surface area contributed by atoms with Crippen LogP contribution in [0.4, 0.5) is 13.2 Å². The molecule has 0 amide bonds. The van der Waals surface area contributed by atoms with Crippen LogP contribution in [0.1, 0.15) is 10.4 Å². The molecule has 0 saturated heterocycles. The zero-order valence-corrected chi connectivity index (χ0v) is 7.04. The summed E-state index contributed by atoms with van der Waals surface area (Å²) in [6, 6.07) is 7.67. The molecule has 1 aromatic rings. The molecule has 2 nitrogen and oxygen atoms in total. The highest BCUT2D eigenvalue weighted by Gasteiger charge is 2.30. The van der Waals surface area contributed by atoms with E-state index in [1.807, 2.05) is 0 Å². The summed E-state index contributed by atoms with van der Waals surface area (Å²) in [5.74, 6) is -0.692. The van der Waals surface area contributed by atoms with Crippen molar-refractivity contribution in [2.45, 2.75) is 6.36 Å². The minimum absolute atomic E-state index is 0.205. The van der Waals surface area contributed by atoms with Crippen LogP contribution in [0.3, 0.4) is 0 Å². The van der Waals surface area contributed by atoms with Gasteiger partial charge in [0.05, 0.1) is 0 Å². The summed E-state index contributed by atoms with van der Waals surface area (Å²) in [5.41, 5.74) is 0.205. The minimum atomic E-state index is -4.76. The second kappa shape index (κ2) is 4.23. The standard InChI is InChI=1S/C9H7F3O2/c10-9(11,12)14-6-8(13)7-4-2-1-3-5-7/h1-5H,6H2. The van der Waals surface area contributed by atoms with Crippen LogP contribution in [-0.2, 0) is 4.74 Å². The fourth-order valence-electron chi connectivity index (χ4n) is 0.855. The summed E-state index contributed by atoms with van der Waals surface area (Å²) in [6.07, 6.45) is -4.76. The number of alkyl halides is 3. The molecule has 0 unspecified atom stereocenters. The summed E-state index contributed by atoms with van der Waals surface area (Å²) < 4.78 is 38.1. The Labute approximate surface area is 78.3 Å². The Morgan fingerprint density at radius 2 is 1.79 bits per heavy atom. The second-order valence-electron chi connectivity index (χ2n) is 2.52. The first kappa shape index (κ1) is 10.7. The van der Waals surface area contributed by atoms with Crippen LogP contribution in [0.2, 0.25) is 0 Å². The molecule has 0 N–H and O–H groups in total. The van der Waals surface area contributed by atoms with Crippen LogP contribution < -0.4 is 0 Å². The van der Waals surface area contributed by atoms with Crippen molar-refractivity contribution in [3.05, 3.63) is 35.9 Å². The van der Waals surface area contributed by atoms with Gasteiger partial charge in [-0.2, -0.15) is 0 Å². The van der Waals surface area contributed by atoms with Crippen LogP contribution in [0.5, 0.6) is 0 Å². The van der Waals surface area contributed by atoms with E-state index in [0.29, 0.717) is 0 Å². The van der Waals surface area contributed by atoms with Crippen LogP contribution in [0.15, 0.2) is 30.3 Å². The topological polar surface area (TPSA) is 26.3 Å². The Hall–Kier alpha value is -1.36. The highest BCUT2D eigenvalue weighted by molar-refractivity contribution is 5.96. The summed E-state index contributed by atoms with van der Waals surface area (Å²) in [5, 5.41) is 0. The lowest BCUT2D eigenvalue weighted by molar-refractivity contribution is -0.318. The molecule has 1 rings (SSSR count). The normalized spacial score (nSPS) is 11.4. The molecule has 0 aliphatic carbocycles. The number of carbonyl (C=O) groups is 1. The summed E-state index contributed by atoms with van der Waals surface area (Å²) in [7, 11) is 0. The Kier molecular flexibility index (Phi) is 3.24. The molecular formula is C9H7F3O2. The predicted octanol–water partition coefficient (Wildman–Crippen LogP) is 2.41. The molecule has 5 heteroatoms. The van der Waals surface area contributed by atoms with Crippen molar-refractivity contribution in [1.29, 1.82) is 0 Å². The molecule has 76 valence electrons. The minimum Gasteiger partial charge on any atom is -0.292 e. The van der Waals surface area contributed by atoms with Crippen molar-refractivity contribution in [2.75, 3.05) is 6.61 Å². The highest BCUT2D eigenvalue weighted by Crippen LogP contribution is 2.16. The average Bonchev–Trinajstić information content (AvgIpc) is 2.14. The predicted molar refractivity (Wildman–Crippen MR) is 42.8 cm³/mol. The maximum atomic E-state index is 11.6. The summed E-state index contributed by atoms with van der Waals surface area (Å²) in [6.45, 7) is -0.979. The number of Topliss-reactive ketones (excluding diaryl/α,β-unsaturated/α-hetero) is 1. The van der Waals surface area contributed by atoms with Crippen LogP contribution >= 0.6 is 0 Å². The van der Waals surface area contributed by atoms with E-state index < -0.39 is 18.8 Å². The second-order valence-corrected chi connectivity index (χ2v) is 2.52. The van der Waals surface area contributed by atoms with Gasteiger partial charge >= 0.3 is 6.36 Å². The fourth-order valence-corrected chi connectivity index (χ4v) is 0.855. The number of hydrogen-bond acceptors (Lipinski definition) is 2. The van der Waals surface area contributed by atoms with Gasteiger partial charge in [0.1, 0.15) is 6.61 Å². The van der Waals surface area contributed by atoms with Gasteiger partial charge in [-0.15, -0.1) is 13.2 Å². The van der Waals surface area contributed by atoms with E-state index in [0.717, 1.165) is 0 Å². The number of benzene rings is 1. The molecule has 0 aromatic heterocycles. The van der Waals surface area contributed by atoms with Crippen LogP contribution in [0.25, 0.3) is 0 Å². The van der Waals surface area contributed by atoms with E-state index in [1.54, 1.807) is 18.2 Å². The molecule has 0 heterocycles.